The van der Waals surface area contributed by atoms with Gasteiger partial charge in [0.25, 0.3) is 0 Å². The summed E-state index contributed by atoms with van der Waals surface area (Å²) in [4.78, 5) is 40.2. The van der Waals surface area contributed by atoms with Crippen LogP contribution in [0.2, 0.25) is 5.02 Å². The number of ether oxygens (including phenoxy) is 1. The zero-order valence-electron chi connectivity index (χ0n) is 21.4. The third-order valence-electron chi connectivity index (χ3n) is 6.50. The lowest BCUT2D eigenvalue weighted by atomic mass is 10.1. The molecule has 4 rings (SSSR count). The summed E-state index contributed by atoms with van der Waals surface area (Å²) in [7, 11) is 3.20. The summed E-state index contributed by atoms with van der Waals surface area (Å²) >= 11 is 6.09. The van der Waals surface area contributed by atoms with E-state index in [1.54, 1.807) is 66.5 Å². The van der Waals surface area contributed by atoms with E-state index in [1.165, 1.54) is 24.1 Å². The summed E-state index contributed by atoms with van der Waals surface area (Å²) in [5.41, 5.74) is 2.29. The number of rotatable bonds is 8. The topological polar surface area (TPSA) is 111 Å². The first kappa shape index (κ1) is 27.7. The maximum absolute atomic E-state index is 14.5. The molecule has 0 saturated carbocycles. The number of anilines is 3. The number of halogens is 2. The number of para-hydroxylation sites is 1. The predicted octanol–water partition coefficient (Wildman–Crippen LogP) is 5.27. The fraction of sp³-hybridized carbons (Fsp3) is 0.250. The number of hydrogen-bond donors (Lipinski definition) is 3. The van der Waals surface area contributed by atoms with Crippen molar-refractivity contribution in [2.75, 3.05) is 36.2 Å². The van der Waals surface area contributed by atoms with Crippen molar-refractivity contribution in [1.82, 2.24) is 4.90 Å². The molecule has 1 fully saturated rings. The van der Waals surface area contributed by atoms with Crippen LogP contribution in [0, 0.1) is 0 Å². The van der Waals surface area contributed by atoms with Crippen LogP contribution in [0.1, 0.15) is 22.3 Å². The minimum absolute atomic E-state index is 0.00251. The van der Waals surface area contributed by atoms with Gasteiger partial charge in [0.1, 0.15) is 18.1 Å². The second-order valence-electron chi connectivity index (χ2n) is 9.09. The number of carbonyl (C=O) groups is 3. The lowest BCUT2D eigenvalue weighted by Crippen LogP contribution is -2.46. The van der Waals surface area contributed by atoms with E-state index in [2.05, 4.69) is 10.6 Å². The van der Waals surface area contributed by atoms with E-state index in [0.717, 1.165) is 0 Å². The fourth-order valence-electron chi connectivity index (χ4n) is 4.48. The van der Waals surface area contributed by atoms with Crippen LogP contribution in [-0.4, -0.2) is 61.0 Å². The van der Waals surface area contributed by atoms with Gasteiger partial charge in [-0.15, -0.1) is 0 Å². The first-order chi connectivity index (χ1) is 18.7. The highest BCUT2D eigenvalue weighted by Gasteiger charge is 2.37. The number of aromatic carboxylic acids is 1. The molecule has 3 N–H and O–H groups in total. The number of alkyl halides is 1. The number of hydrogen-bond acceptors (Lipinski definition) is 5. The Bertz CT molecular complexity index is 1370. The average Bonchev–Trinajstić information content (AvgIpc) is 3.32. The Morgan fingerprint density at radius 2 is 1.77 bits per heavy atom. The lowest BCUT2D eigenvalue weighted by Gasteiger charge is -2.34. The van der Waals surface area contributed by atoms with E-state index in [9.17, 15) is 18.8 Å². The summed E-state index contributed by atoms with van der Waals surface area (Å²) in [5.74, 6) is -0.955. The Hall–Kier alpha value is -4.31. The number of amides is 3. The van der Waals surface area contributed by atoms with Crippen LogP contribution in [0.4, 0.5) is 26.2 Å². The van der Waals surface area contributed by atoms with Crippen LogP contribution < -0.4 is 20.3 Å². The number of urea groups is 1. The van der Waals surface area contributed by atoms with E-state index >= 15 is 0 Å². The van der Waals surface area contributed by atoms with E-state index in [1.807, 2.05) is 0 Å². The highest BCUT2D eigenvalue weighted by atomic mass is 35.5. The molecular weight excluding hydrogens is 527 g/mol. The zero-order chi connectivity index (χ0) is 28.1. The Morgan fingerprint density at radius 3 is 2.44 bits per heavy atom. The second kappa shape index (κ2) is 12.0. The largest absolute Gasteiger partial charge is 0.495 e. The smallest absolute Gasteiger partial charge is 0.335 e. The van der Waals surface area contributed by atoms with Crippen LogP contribution in [0.15, 0.2) is 66.7 Å². The van der Waals surface area contributed by atoms with Gasteiger partial charge in [0.05, 0.1) is 42.0 Å². The van der Waals surface area contributed by atoms with Gasteiger partial charge < -0.3 is 30.3 Å². The minimum Gasteiger partial charge on any atom is -0.495 e. The van der Waals surface area contributed by atoms with Gasteiger partial charge in [-0.2, -0.15) is 0 Å². The molecule has 39 heavy (non-hydrogen) atoms. The van der Waals surface area contributed by atoms with Gasteiger partial charge in [0.15, 0.2) is 0 Å². The Kier molecular flexibility index (Phi) is 8.55. The van der Waals surface area contributed by atoms with Crippen molar-refractivity contribution >= 4 is 46.6 Å². The van der Waals surface area contributed by atoms with Crippen molar-refractivity contribution in [3.05, 3.63) is 82.9 Å². The molecule has 3 aromatic rings. The summed E-state index contributed by atoms with van der Waals surface area (Å²) < 4.78 is 19.9. The molecule has 1 heterocycles. The Balaban J connectivity index is 1.44. The molecular formula is C28H28ClFN4O5. The number of likely N-dealkylation sites (tertiary alicyclic amines) is 1. The van der Waals surface area contributed by atoms with Crippen molar-refractivity contribution in [2.24, 2.45) is 0 Å². The molecule has 9 nitrogen and oxygen atoms in total. The van der Waals surface area contributed by atoms with Gasteiger partial charge >= 0.3 is 12.0 Å². The summed E-state index contributed by atoms with van der Waals surface area (Å²) in [6, 6.07) is 17.5. The maximum Gasteiger partial charge on any atom is 0.335 e. The minimum atomic E-state index is -1.18. The zero-order valence-corrected chi connectivity index (χ0v) is 22.1. The summed E-state index contributed by atoms with van der Waals surface area (Å²) in [6.45, 7) is -0.0416. The SMILES string of the molecule is COc1cc(CC(=O)N2CC(F)CC2N(C)c2ccc(C(=O)O)cc2)ccc1NC(=O)Nc1ccccc1Cl. The normalized spacial score (nSPS) is 16.5. The molecule has 0 radical (unpaired) electrons. The van der Waals surface area contributed by atoms with Gasteiger partial charge in [0, 0.05) is 19.2 Å². The van der Waals surface area contributed by atoms with Gasteiger partial charge in [-0.05, 0) is 54.1 Å². The van der Waals surface area contributed by atoms with Crippen LogP contribution in [0.25, 0.3) is 0 Å². The third kappa shape index (κ3) is 6.58. The molecule has 0 aromatic heterocycles. The van der Waals surface area contributed by atoms with E-state index in [4.69, 9.17) is 21.4 Å². The third-order valence-corrected chi connectivity index (χ3v) is 6.83. The number of nitrogens with zero attached hydrogens (tertiary/aromatic N) is 2. The first-order valence-electron chi connectivity index (χ1n) is 12.2. The van der Waals surface area contributed by atoms with Crippen molar-refractivity contribution < 1.29 is 28.6 Å². The molecule has 2 unspecified atom stereocenters. The van der Waals surface area contributed by atoms with E-state index in [-0.39, 0.29) is 30.9 Å². The van der Waals surface area contributed by atoms with Gasteiger partial charge in [-0.1, -0.05) is 29.8 Å². The van der Waals surface area contributed by atoms with Crippen LogP contribution in [0.3, 0.4) is 0 Å². The van der Waals surface area contributed by atoms with Crippen molar-refractivity contribution in [2.45, 2.75) is 25.2 Å². The standard InChI is InChI=1S/C28H28ClFN4O5/c1-33(20-10-8-18(9-11-20)27(36)37)25-15-19(30)16-34(25)26(35)14-17-7-12-23(24(13-17)39-2)32-28(38)31-22-6-4-3-5-21(22)29/h3-13,19,25H,14-16H2,1-2H3,(H,36,37)(H2,31,32,38). The molecule has 1 saturated heterocycles. The molecule has 2 atom stereocenters. The molecule has 0 bridgehead atoms. The highest BCUT2D eigenvalue weighted by Crippen LogP contribution is 2.30. The predicted molar refractivity (Wildman–Crippen MR) is 148 cm³/mol. The maximum atomic E-state index is 14.5. The molecule has 0 spiro atoms. The van der Waals surface area contributed by atoms with Crippen molar-refractivity contribution in [3.63, 3.8) is 0 Å². The average molecular weight is 555 g/mol. The number of benzene rings is 3. The van der Waals surface area contributed by atoms with Crippen molar-refractivity contribution in [1.29, 1.82) is 0 Å². The number of methoxy groups -OCH3 is 1. The molecule has 0 aliphatic carbocycles. The molecule has 1 aliphatic rings. The van der Waals surface area contributed by atoms with Gasteiger partial charge in [0.2, 0.25) is 5.91 Å². The monoisotopic (exact) mass is 554 g/mol. The molecule has 1 aliphatic heterocycles. The molecule has 11 heteroatoms. The van der Waals surface area contributed by atoms with Crippen LogP contribution >= 0.6 is 11.6 Å². The van der Waals surface area contributed by atoms with Crippen LogP contribution in [-0.2, 0) is 11.2 Å². The van der Waals surface area contributed by atoms with Gasteiger partial charge in [-0.3, -0.25) is 4.79 Å². The quantitative estimate of drug-likeness (QED) is 0.350. The molecule has 3 aromatic carbocycles. The fourth-order valence-corrected chi connectivity index (χ4v) is 4.66. The van der Waals surface area contributed by atoms with Crippen LogP contribution in [0.5, 0.6) is 5.75 Å². The number of carbonyl (C=O) groups excluding carboxylic acids is 2. The van der Waals surface area contributed by atoms with Crippen molar-refractivity contribution in [3.8, 4) is 5.75 Å². The summed E-state index contributed by atoms with van der Waals surface area (Å²) in [6.07, 6.45) is -1.58. The molecule has 204 valence electrons. The van der Waals surface area contributed by atoms with E-state index in [0.29, 0.717) is 33.4 Å². The number of nitrogens with one attached hydrogen (secondary N) is 2. The number of carboxylic acid groups (broad SMARTS) is 1. The lowest BCUT2D eigenvalue weighted by molar-refractivity contribution is -0.131. The number of carboxylic acids is 1. The summed E-state index contributed by atoms with van der Waals surface area (Å²) in [5, 5.41) is 14.9. The van der Waals surface area contributed by atoms with E-state index < -0.39 is 24.3 Å². The Labute approximate surface area is 230 Å². The van der Waals surface area contributed by atoms with Gasteiger partial charge in [-0.25, -0.2) is 14.0 Å². The molecule has 3 amide bonds. The Morgan fingerprint density at radius 1 is 1.08 bits per heavy atom. The second-order valence-corrected chi connectivity index (χ2v) is 9.50. The first-order valence-corrected chi connectivity index (χ1v) is 12.5. The highest BCUT2D eigenvalue weighted by molar-refractivity contribution is 6.33.